The molecule has 0 aliphatic carbocycles. The Labute approximate surface area is 69.2 Å². The van der Waals surface area contributed by atoms with Crippen LogP contribution in [0.15, 0.2) is 0 Å². The molecule has 2 nitrogen and oxygen atoms in total. The summed E-state index contributed by atoms with van der Waals surface area (Å²) < 4.78 is 3.33. The third kappa shape index (κ3) is 3.48. The van der Waals surface area contributed by atoms with Crippen LogP contribution in [0.1, 0.15) is 0 Å². The highest BCUT2D eigenvalue weighted by Crippen LogP contribution is 2.31. The molecule has 0 aromatic carbocycles. The number of hydrogen-bond acceptors (Lipinski definition) is 2. The number of halogens is 3. The minimum absolute atomic E-state index is 0.201. The van der Waals surface area contributed by atoms with Crippen molar-refractivity contribution in [2.75, 3.05) is 13.7 Å². The van der Waals surface area contributed by atoms with Crippen LogP contribution in [0, 0.1) is 0 Å². The van der Waals surface area contributed by atoms with Crippen molar-refractivity contribution in [3.8, 4) is 0 Å². The Morgan fingerprint density at radius 3 is 2.00 bits per heavy atom. The van der Waals surface area contributed by atoms with Gasteiger partial charge in [-0.1, -0.05) is 34.8 Å². The summed E-state index contributed by atoms with van der Waals surface area (Å²) in [7, 11) is 1.44. The summed E-state index contributed by atoms with van der Waals surface area (Å²) >= 11 is 16.3. The zero-order valence-electron chi connectivity index (χ0n) is 4.90. The minimum atomic E-state index is -1.41. The van der Waals surface area contributed by atoms with Crippen molar-refractivity contribution in [3.63, 3.8) is 0 Å². The molecule has 0 heterocycles. The quantitative estimate of drug-likeness (QED) is 0.670. The van der Waals surface area contributed by atoms with E-state index in [2.05, 4.69) is 0 Å². The number of nitrogens with two attached hydrogens (primary N) is 1. The molecular formula is C4H8Cl3NO. The van der Waals surface area contributed by atoms with Gasteiger partial charge in [-0.15, -0.1) is 0 Å². The van der Waals surface area contributed by atoms with Gasteiger partial charge in [0.05, 0.1) is 0 Å². The van der Waals surface area contributed by atoms with E-state index in [1.807, 2.05) is 0 Å². The molecule has 0 aliphatic heterocycles. The second kappa shape index (κ2) is 3.84. The molecule has 9 heavy (non-hydrogen) atoms. The lowest BCUT2D eigenvalue weighted by Gasteiger charge is -2.20. The highest BCUT2D eigenvalue weighted by Gasteiger charge is 2.31. The van der Waals surface area contributed by atoms with Crippen LogP contribution in [0.2, 0.25) is 0 Å². The normalized spacial score (nSPS) is 15.7. The SMILES string of the molecule is COC(CN)C(Cl)(Cl)Cl. The van der Waals surface area contributed by atoms with E-state index in [9.17, 15) is 0 Å². The van der Waals surface area contributed by atoms with Crippen LogP contribution in [0.3, 0.4) is 0 Å². The Kier molecular flexibility index (Phi) is 4.17. The largest absolute Gasteiger partial charge is 0.376 e. The van der Waals surface area contributed by atoms with Crippen LogP contribution < -0.4 is 5.73 Å². The van der Waals surface area contributed by atoms with E-state index in [4.69, 9.17) is 45.3 Å². The summed E-state index contributed by atoms with van der Waals surface area (Å²) in [6.45, 7) is 0.201. The molecule has 0 aromatic rings. The van der Waals surface area contributed by atoms with Crippen molar-refractivity contribution in [2.45, 2.75) is 9.90 Å². The Morgan fingerprint density at radius 1 is 1.56 bits per heavy atom. The van der Waals surface area contributed by atoms with Gasteiger partial charge < -0.3 is 10.5 Å². The average Bonchev–Trinajstić information content (AvgIpc) is 1.65. The predicted octanol–water partition coefficient (Wildman–Crippen LogP) is 1.33. The maximum atomic E-state index is 5.43. The fourth-order valence-electron chi connectivity index (χ4n) is 0.363. The summed E-state index contributed by atoms with van der Waals surface area (Å²) in [5.74, 6) is 0. The van der Waals surface area contributed by atoms with E-state index >= 15 is 0 Å². The molecular weight excluding hydrogens is 184 g/mol. The molecule has 0 spiro atoms. The maximum Gasteiger partial charge on any atom is 0.217 e. The van der Waals surface area contributed by atoms with Crippen LogP contribution in [0.25, 0.3) is 0 Å². The number of alkyl halides is 3. The van der Waals surface area contributed by atoms with Crippen LogP contribution in [0.4, 0.5) is 0 Å². The summed E-state index contributed by atoms with van der Waals surface area (Å²) in [4.78, 5) is 0. The van der Waals surface area contributed by atoms with Gasteiger partial charge in [-0.25, -0.2) is 0 Å². The summed E-state index contributed by atoms with van der Waals surface area (Å²) in [6, 6.07) is 0. The van der Waals surface area contributed by atoms with Crippen LogP contribution in [-0.2, 0) is 4.74 Å². The zero-order valence-corrected chi connectivity index (χ0v) is 7.17. The van der Waals surface area contributed by atoms with E-state index in [-0.39, 0.29) is 6.54 Å². The standard InChI is InChI=1S/C4H8Cl3NO/c1-9-3(2-8)4(5,6)7/h3H,2,8H2,1H3. The van der Waals surface area contributed by atoms with Crippen molar-refractivity contribution >= 4 is 34.8 Å². The van der Waals surface area contributed by atoms with Crippen molar-refractivity contribution < 1.29 is 4.74 Å². The van der Waals surface area contributed by atoms with Gasteiger partial charge >= 0.3 is 0 Å². The Bertz CT molecular complexity index is 78.4. The van der Waals surface area contributed by atoms with E-state index in [0.29, 0.717) is 0 Å². The molecule has 0 bridgehead atoms. The number of rotatable bonds is 2. The highest BCUT2D eigenvalue weighted by atomic mass is 35.6. The molecule has 0 aliphatic rings. The minimum Gasteiger partial charge on any atom is -0.376 e. The lowest BCUT2D eigenvalue weighted by atomic mass is 10.4. The highest BCUT2D eigenvalue weighted by molar-refractivity contribution is 6.68. The van der Waals surface area contributed by atoms with Gasteiger partial charge in [-0.05, 0) is 0 Å². The molecule has 0 saturated carbocycles. The monoisotopic (exact) mass is 191 g/mol. The molecule has 0 fully saturated rings. The van der Waals surface area contributed by atoms with E-state index < -0.39 is 9.90 Å². The van der Waals surface area contributed by atoms with E-state index in [0.717, 1.165) is 0 Å². The van der Waals surface area contributed by atoms with Gasteiger partial charge in [-0.3, -0.25) is 0 Å². The van der Waals surface area contributed by atoms with Gasteiger partial charge in [0.15, 0.2) is 0 Å². The molecule has 2 N–H and O–H groups in total. The van der Waals surface area contributed by atoms with Gasteiger partial charge in [0.2, 0.25) is 3.79 Å². The topological polar surface area (TPSA) is 35.2 Å². The van der Waals surface area contributed by atoms with Crippen LogP contribution in [0.5, 0.6) is 0 Å². The Hall–Kier alpha value is 0.790. The zero-order chi connectivity index (χ0) is 7.49. The Balaban J connectivity index is 3.79. The maximum absolute atomic E-state index is 5.43. The molecule has 0 saturated heterocycles. The van der Waals surface area contributed by atoms with E-state index in [1.54, 1.807) is 0 Å². The number of ether oxygens (including phenoxy) is 1. The van der Waals surface area contributed by atoms with Crippen LogP contribution in [-0.4, -0.2) is 23.6 Å². The molecule has 0 rings (SSSR count). The molecule has 0 amide bonds. The number of hydrogen-bond donors (Lipinski definition) is 1. The fraction of sp³-hybridized carbons (Fsp3) is 1.00. The first-order valence-corrected chi connectivity index (χ1v) is 3.45. The molecule has 0 aromatic heterocycles. The third-order valence-electron chi connectivity index (χ3n) is 0.864. The van der Waals surface area contributed by atoms with Crippen molar-refractivity contribution in [1.29, 1.82) is 0 Å². The second-order valence-electron chi connectivity index (χ2n) is 1.50. The number of methoxy groups -OCH3 is 1. The van der Waals surface area contributed by atoms with Crippen LogP contribution >= 0.6 is 34.8 Å². The molecule has 5 heteroatoms. The van der Waals surface area contributed by atoms with E-state index in [1.165, 1.54) is 7.11 Å². The second-order valence-corrected chi connectivity index (χ2v) is 3.87. The summed E-state index contributed by atoms with van der Waals surface area (Å²) in [5.41, 5.74) is 5.19. The fourth-order valence-corrected chi connectivity index (χ4v) is 0.898. The van der Waals surface area contributed by atoms with Crippen molar-refractivity contribution in [2.24, 2.45) is 5.73 Å². The van der Waals surface area contributed by atoms with Gasteiger partial charge in [0.1, 0.15) is 6.10 Å². The predicted molar refractivity (Wildman–Crippen MR) is 40.1 cm³/mol. The lowest BCUT2D eigenvalue weighted by molar-refractivity contribution is 0.113. The molecule has 1 atom stereocenters. The first kappa shape index (κ1) is 9.79. The third-order valence-corrected chi connectivity index (χ3v) is 1.59. The lowest BCUT2D eigenvalue weighted by Crippen LogP contribution is -2.34. The average molecular weight is 192 g/mol. The summed E-state index contributed by atoms with van der Waals surface area (Å²) in [5, 5.41) is 0. The molecule has 0 radical (unpaired) electrons. The van der Waals surface area contributed by atoms with Gasteiger partial charge in [0, 0.05) is 13.7 Å². The van der Waals surface area contributed by atoms with Crippen molar-refractivity contribution in [3.05, 3.63) is 0 Å². The summed E-state index contributed by atoms with van der Waals surface area (Å²) in [6.07, 6.45) is -0.525. The van der Waals surface area contributed by atoms with Gasteiger partial charge in [-0.2, -0.15) is 0 Å². The smallest absolute Gasteiger partial charge is 0.217 e. The first-order valence-electron chi connectivity index (χ1n) is 2.32. The molecule has 56 valence electrons. The molecule has 1 unspecified atom stereocenters. The first-order chi connectivity index (χ1) is 4.02. The van der Waals surface area contributed by atoms with Gasteiger partial charge in [0.25, 0.3) is 0 Å². The van der Waals surface area contributed by atoms with Crippen molar-refractivity contribution in [1.82, 2.24) is 0 Å². The Morgan fingerprint density at radius 2 is 2.00 bits per heavy atom.